The number of hydrogen-bond acceptors (Lipinski definition) is 3. The highest BCUT2D eigenvalue weighted by Gasteiger charge is 2.39. The van der Waals surface area contributed by atoms with E-state index in [1.165, 1.54) is 4.90 Å². The van der Waals surface area contributed by atoms with E-state index >= 15 is 0 Å². The van der Waals surface area contributed by atoms with Crippen molar-refractivity contribution in [1.82, 2.24) is 4.90 Å². The summed E-state index contributed by atoms with van der Waals surface area (Å²) in [5, 5.41) is 0.528. The molecule has 1 fully saturated rings. The predicted molar refractivity (Wildman–Crippen MR) is 108 cm³/mol. The van der Waals surface area contributed by atoms with Crippen LogP contribution in [0.25, 0.3) is 0 Å². The molecule has 27 heavy (non-hydrogen) atoms. The highest BCUT2D eigenvalue weighted by Crippen LogP contribution is 2.31. The zero-order valence-electron chi connectivity index (χ0n) is 15.5. The van der Waals surface area contributed by atoms with Gasteiger partial charge in [-0.1, -0.05) is 61.0 Å². The topological polar surface area (TPSA) is 66.6 Å². The first-order chi connectivity index (χ1) is 12.9. The fourth-order valence-corrected chi connectivity index (χ4v) is 3.76. The molecule has 1 aliphatic rings. The number of nitrogens with two attached hydrogens (primary N) is 1. The van der Waals surface area contributed by atoms with Gasteiger partial charge in [0.25, 0.3) is 0 Å². The Bertz CT molecular complexity index is 827. The number of amides is 2. The Labute approximate surface area is 164 Å². The van der Waals surface area contributed by atoms with Crippen LogP contribution in [0.3, 0.4) is 0 Å². The van der Waals surface area contributed by atoms with Gasteiger partial charge in [0.05, 0.1) is 16.6 Å². The average molecular weight is 386 g/mol. The van der Waals surface area contributed by atoms with Crippen molar-refractivity contribution in [1.29, 1.82) is 0 Å². The van der Waals surface area contributed by atoms with Gasteiger partial charge in [-0.15, -0.1) is 0 Å². The minimum Gasteiger partial charge on any atom is -0.333 e. The summed E-state index contributed by atoms with van der Waals surface area (Å²) in [6.07, 6.45) is 0.569. The van der Waals surface area contributed by atoms with Crippen molar-refractivity contribution in [2.75, 3.05) is 18.5 Å². The molecule has 0 bridgehead atoms. The molecular weight excluding hydrogens is 362 g/mol. The van der Waals surface area contributed by atoms with Gasteiger partial charge in [-0.05, 0) is 24.1 Å². The zero-order chi connectivity index (χ0) is 19.6. The molecule has 3 atom stereocenters. The normalized spacial score (nSPS) is 19.0. The third kappa shape index (κ3) is 3.84. The molecule has 0 aliphatic carbocycles. The molecule has 2 amide bonds. The highest BCUT2D eigenvalue weighted by molar-refractivity contribution is 6.34. The lowest BCUT2D eigenvalue weighted by Crippen LogP contribution is -2.46. The van der Waals surface area contributed by atoms with Gasteiger partial charge in [0.15, 0.2) is 0 Å². The second-order valence-electron chi connectivity index (χ2n) is 6.92. The van der Waals surface area contributed by atoms with E-state index < -0.39 is 18.0 Å². The van der Waals surface area contributed by atoms with Crippen LogP contribution in [-0.4, -0.2) is 36.3 Å². The first-order valence-corrected chi connectivity index (χ1v) is 9.42. The fraction of sp³-hybridized carbons (Fsp3) is 0.333. The first kappa shape index (κ1) is 19.4. The summed E-state index contributed by atoms with van der Waals surface area (Å²) < 4.78 is 0. The van der Waals surface area contributed by atoms with Crippen LogP contribution in [0.1, 0.15) is 24.9 Å². The molecule has 0 aromatic heterocycles. The van der Waals surface area contributed by atoms with Crippen molar-refractivity contribution >= 4 is 29.1 Å². The van der Waals surface area contributed by atoms with Gasteiger partial charge in [0.1, 0.15) is 6.04 Å². The Balaban J connectivity index is 1.72. The molecular formula is C21H24ClN3O2. The van der Waals surface area contributed by atoms with Crippen molar-refractivity contribution in [3.05, 3.63) is 65.2 Å². The maximum atomic E-state index is 12.9. The van der Waals surface area contributed by atoms with E-state index in [1.807, 2.05) is 55.5 Å². The average Bonchev–Trinajstić information content (AvgIpc) is 3.08. The standard InChI is InChI=1S/C21H24ClN3O2/c1-14(19(23)15-8-4-3-5-9-15)20(26)24(2)18-12-13-25(21(18)27)17-11-7-6-10-16(17)22/h3-11,14,18-19H,12-13,23H2,1-2H3. The van der Waals surface area contributed by atoms with E-state index in [1.54, 1.807) is 18.0 Å². The summed E-state index contributed by atoms with van der Waals surface area (Å²) in [4.78, 5) is 29.0. The molecule has 1 aliphatic heterocycles. The molecule has 3 unspecified atom stereocenters. The molecule has 0 radical (unpaired) electrons. The van der Waals surface area contributed by atoms with Gasteiger partial charge in [-0.25, -0.2) is 0 Å². The number of rotatable bonds is 5. The van der Waals surface area contributed by atoms with Gasteiger partial charge in [-0.2, -0.15) is 0 Å². The minimum atomic E-state index is -0.501. The van der Waals surface area contributed by atoms with Crippen LogP contribution < -0.4 is 10.6 Å². The van der Waals surface area contributed by atoms with E-state index in [2.05, 4.69) is 0 Å². The Morgan fingerprint density at radius 3 is 2.48 bits per heavy atom. The Hall–Kier alpha value is -2.37. The number of benzene rings is 2. The van der Waals surface area contributed by atoms with Crippen LogP contribution in [0, 0.1) is 5.92 Å². The summed E-state index contributed by atoms with van der Waals surface area (Å²) in [7, 11) is 1.68. The molecule has 0 saturated carbocycles. The lowest BCUT2D eigenvalue weighted by atomic mass is 9.94. The molecule has 2 aromatic carbocycles. The minimum absolute atomic E-state index is 0.112. The van der Waals surface area contributed by atoms with Gasteiger partial charge in [0, 0.05) is 19.6 Å². The number of anilines is 1. The van der Waals surface area contributed by atoms with Gasteiger partial charge >= 0.3 is 0 Å². The van der Waals surface area contributed by atoms with E-state index in [4.69, 9.17) is 17.3 Å². The summed E-state index contributed by atoms with van der Waals surface area (Å²) in [6.45, 7) is 2.34. The number of para-hydroxylation sites is 1. The number of hydrogen-bond donors (Lipinski definition) is 1. The zero-order valence-corrected chi connectivity index (χ0v) is 16.3. The summed E-state index contributed by atoms with van der Waals surface area (Å²) in [5.74, 6) is -0.676. The molecule has 5 nitrogen and oxygen atoms in total. The van der Waals surface area contributed by atoms with Crippen molar-refractivity contribution in [3.63, 3.8) is 0 Å². The molecule has 2 N–H and O–H groups in total. The molecule has 3 rings (SSSR count). The smallest absolute Gasteiger partial charge is 0.249 e. The Morgan fingerprint density at radius 2 is 1.81 bits per heavy atom. The van der Waals surface area contributed by atoms with Gasteiger partial charge in [-0.3, -0.25) is 9.59 Å². The quantitative estimate of drug-likeness (QED) is 0.859. The molecule has 0 spiro atoms. The summed E-state index contributed by atoms with van der Waals surface area (Å²) in [5.41, 5.74) is 7.88. The fourth-order valence-electron chi connectivity index (χ4n) is 3.53. The second kappa shape index (κ2) is 8.11. The van der Waals surface area contributed by atoms with Crippen LogP contribution in [-0.2, 0) is 9.59 Å². The maximum Gasteiger partial charge on any atom is 0.249 e. The van der Waals surface area contributed by atoms with Gasteiger partial charge < -0.3 is 15.5 Å². The number of nitrogens with zero attached hydrogens (tertiary/aromatic N) is 2. The summed E-state index contributed by atoms with van der Waals surface area (Å²) >= 11 is 6.23. The monoisotopic (exact) mass is 385 g/mol. The van der Waals surface area contributed by atoms with Crippen molar-refractivity contribution in [2.45, 2.75) is 25.4 Å². The van der Waals surface area contributed by atoms with Crippen LogP contribution >= 0.6 is 11.6 Å². The molecule has 142 valence electrons. The van der Waals surface area contributed by atoms with Crippen LogP contribution in [0.4, 0.5) is 5.69 Å². The first-order valence-electron chi connectivity index (χ1n) is 9.05. The number of carbonyl (C=O) groups excluding carboxylic acids is 2. The third-order valence-electron chi connectivity index (χ3n) is 5.25. The highest BCUT2D eigenvalue weighted by atomic mass is 35.5. The SMILES string of the molecule is CC(C(=O)N(C)C1CCN(c2ccccc2Cl)C1=O)C(N)c1ccccc1. The Morgan fingerprint density at radius 1 is 1.19 bits per heavy atom. The maximum absolute atomic E-state index is 12.9. The van der Waals surface area contributed by atoms with Crippen LogP contribution in [0.15, 0.2) is 54.6 Å². The second-order valence-corrected chi connectivity index (χ2v) is 7.33. The third-order valence-corrected chi connectivity index (χ3v) is 5.57. The van der Waals surface area contributed by atoms with Crippen molar-refractivity contribution in [3.8, 4) is 0 Å². The van der Waals surface area contributed by atoms with E-state index in [0.717, 1.165) is 5.56 Å². The van der Waals surface area contributed by atoms with Crippen molar-refractivity contribution in [2.24, 2.45) is 11.7 Å². The number of halogens is 1. The summed E-state index contributed by atoms with van der Waals surface area (Å²) in [6, 6.07) is 15.9. The predicted octanol–water partition coefficient (Wildman–Crippen LogP) is 3.24. The molecule has 6 heteroatoms. The van der Waals surface area contributed by atoms with Crippen molar-refractivity contribution < 1.29 is 9.59 Å². The van der Waals surface area contributed by atoms with Crippen LogP contribution in [0.5, 0.6) is 0 Å². The number of likely N-dealkylation sites (N-methyl/N-ethyl adjacent to an activating group) is 1. The van der Waals surface area contributed by atoms with E-state index in [-0.39, 0.29) is 11.8 Å². The van der Waals surface area contributed by atoms with Gasteiger partial charge in [0.2, 0.25) is 11.8 Å². The van der Waals surface area contributed by atoms with E-state index in [9.17, 15) is 9.59 Å². The van der Waals surface area contributed by atoms with E-state index in [0.29, 0.717) is 23.7 Å². The largest absolute Gasteiger partial charge is 0.333 e. The number of carbonyl (C=O) groups is 2. The lowest BCUT2D eigenvalue weighted by Gasteiger charge is -2.29. The Kier molecular flexibility index (Phi) is 5.82. The van der Waals surface area contributed by atoms with Crippen LogP contribution in [0.2, 0.25) is 5.02 Å². The molecule has 2 aromatic rings. The lowest BCUT2D eigenvalue weighted by molar-refractivity contribution is -0.140. The molecule has 1 saturated heterocycles. The molecule has 1 heterocycles.